The fourth-order valence-corrected chi connectivity index (χ4v) is 6.77. The Kier molecular flexibility index (Phi) is 5.00. The van der Waals surface area contributed by atoms with Crippen molar-refractivity contribution in [2.45, 2.75) is 62.2 Å². The van der Waals surface area contributed by atoms with Crippen LogP contribution in [0.4, 0.5) is 0 Å². The second-order valence-electron chi connectivity index (χ2n) is 7.38. The van der Waals surface area contributed by atoms with E-state index in [0.29, 0.717) is 16.5 Å². The summed E-state index contributed by atoms with van der Waals surface area (Å²) in [5, 5.41) is 8.80. The van der Waals surface area contributed by atoms with Gasteiger partial charge in [0.15, 0.2) is 0 Å². The fraction of sp³-hybridized carbons (Fsp3) is 0.556. The Hall–Kier alpha value is -1.48. The summed E-state index contributed by atoms with van der Waals surface area (Å²) in [6.45, 7) is 2.23. The molecule has 0 aliphatic carbocycles. The molecule has 9 heteroatoms. The molecule has 2 aromatic rings. The van der Waals surface area contributed by atoms with Gasteiger partial charge in [-0.2, -0.15) is 4.31 Å². The van der Waals surface area contributed by atoms with Crippen LogP contribution in [0.15, 0.2) is 29.3 Å². The van der Waals surface area contributed by atoms with E-state index in [1.807, 2.05) is 17.8 Å². The minimum Gasteiger partial charge on any atom is -0.378 e. The van der Waals surface area contributed by atoms with Gasteiger partial charge in [0.1, 0.15) is 5.69 Å². The lowest BCUT2D eigenvalue weighted by Crippen LogP contribution is -2.47. The molecule has 0 radical (unpaired) electrons. The summed E-state index contributed by atoms with van der Waals surface area (Å²) in [4.78, 5) is 0.313. The average molecular weight is 411 g/mol. The molecule has 2 atom stereocenters. The monoisotopic (exact) mass is 410 g/mol. The molecular formula is C18H23ClN4O3S. The molecule has 2 aliphatic heterocycles. The Morgan fingerprint density at radius 2 is 1.93 bits per heavy atom. The van der Waals surface area contributed by atoms with Gasteiger partial charge in [-0.3, -0.25) is 0 Å². The molecule has 146 valence electrons. The van der Waals surface area contributed by atoms with Crippen molar-refractivity contribution in [1.82, 2.24) is 19.3 Å². The van der Waals surface area contributed by atoms with Gasteiger partial charge in [0.25, 0.3) is 0 Å². The van der Waals surface area contributed by atoms with Crippen LogP contribution in [-0.4, -0.2) is 46.9 Å². The maximum absolute atomic E-state index is 13.4. The molecule has 1 aromatic heterocycles. The second kappa shape index (κ2) is 7.16. The Morgan fingerprint density at radius 3 is 2.59 bits per heavy atom. The third-order valence-electron chi connectivity index (χ3n) is 5.57. The number of nitrogens with zero attached hydrogens (tertiary/aromatic N) is 4. The molecule has 2 unspecified atom stereocenters. The van der Waals surface area contributed by atoms with Crippen molar-refractivity contribution in [3.63, 3.8) is 0 Å². The van der Waals surface area contributed by atoms with Crippen LogP contribution in [0.2, 0.25) is 5.02 Å². The maximum Gasteiger partial charge on any atom is 0.243 e. The van der Waals surface area contributed by atoms with Gasteiger partial charge in [-0.25, -0.2) is 13.1 Å². The van der Waals surface area contributed by atoms with Gasteiger partial charge in [0.05, 0.1) is 23.7 Å². The zero-order chi connectivity index (χ0) is 19.2. The predicted octanol–water partition coefficient (Wildman–Crippen LogP) is 2.94. The van der Waals surface area contributed by atoms with E-state index in [0.717, 1.165) is 36.9 Å². The minimum absolute atomic E-state index is 0.0211. The molecule has 0 spiro atoms. The average Bonchev–Trinajstić information content (AvgIpc) is 3.20. The van der Waals surface area contributed by atoms with Crippen LogP contribution < -0.4 is 0 Å². The number of sulfonamides is 1. The molecule has 3 heterocycles. The van der Waals surface area contributed by atoms with E-state index in [4.69, 9.17) is 16.3 Å². The first-order valence-electron chi connectivity index (χ1n) is 9.09. The number of hydrogen-bond donors (Lipinski definition) is 0. The highest BCUT2D eigenvalue weighted by atomic mass is 35.5. The number of ether oxygens (including phenoxy) is 1. The van der Waals surface area contributed by atoms with Crippen molar-refractivity contribution < 1.29 is 13.2 Å². The summed E-state index contributed by atoms with van der Waals surface area (Å²) < 4.78 is 35.4. The first kappa shape index (κ1) is 18.9. The number of hydrogen-bond acceptors (Lipinski definition) is 5. The van der Waals surface area contributed by atoms with E-state index in [9.17, 15) is 8.42 Å². The molecule has 2 bridgehead atoms. The number of piperidine rings is 1. The first-order chi connectivity index (χ1) is 12.9. The van der Waals surface area contributed by atoms with E-state index in [1.165, 1.54) is 0 Å². The second-order valence-corrected chi connectivity index (χ2v) is 9.63. The Labute approximate surface area is 164 Å². The molecular weight excluding hydrogens is 388 g/mol. The number of methoxy groups -OCH3 is 1. The lowest BCUT2D eigenvalue weighted by molar-refractivity contribution is 0.180. The lowest BCUT2D eigenvalue weighted by Gasteiger charge is -2.38. The highest BCUT2D eigenvalue weighted by Crippen LogP contribution is 2.44. The number of rotatable bonds is 5. The van der Waals surface area contributed by atoms with Crippen LogP contribution in [0.3, 0.4) is 0 Å². The molecule has 27 heavy (non-hydrogen) atoms. The van der Waals surface area contributed by atoms with Crippen molar-refractivity contribution in [2.24, 2.45) is 0 Å². The Balaban J connectivity index is 1.59. The Bertz CT molecular complexity index is 932. The van der Waals surface area contributed by atoms with Crippen LogP contribution in [0.25, 0.3) is 0 Å². The first-order valence-corrected chi connectivity index (χ1v) is 10.9. The number of aromatic nitrogens is 3. The van der Waals surface area contributed by atoms with Crippen LogP contribution in [0.1, 0.15) is 43.0 Å². The van der Waals surface area contributed by atoms with Gasteiger partial charge in [-0.1, -0.05) is 22.9 Å². The molecule has 0 N–H and O–H groups in total. The van der Waals surface area contributed by atoms with E-state index in [2.05, 4.69) is 10.3 Å². The normalized spacial score (nSPS) is 25.8. The third-order valence-corrected chi connectivity index (χ3v) is 7.95. The maximum atomic E-state index is 13.4. The number of fused-ring (bicyclic) bond motifs is 2. The molecule has 7 nitrogen and oxygen atoms in total. The van der Waals surface area contributed by atoms with Gasteiger partial charge in [-0.15, -0.1) is 5.10 Å². The summed E-state index contributed by atoms with van der Waals surface area (Å²) in [7, 11) is -1.95. The van der Waals surface area contributed by atoms with Crippen molar-refractivity contribution in [2.75, 3.05) is 7.11 Å². The van der Waals surface area contributed by atoms with Crippen LogP contribution in [-0.2, 0) is 21.4 Å². The van der Waals surface area contributed by atoms with Crippen molar-refractivity contribution in [3.8, 4) is 0 Å². The van der Waals surface area contributed by atoms with Crippen LogP contribution in [0, 0.1) is 6.92 Å². The SMILES string of the molecule is COCc1cn(C2CC3CCC(C2)N3S(=O)(=O)c2cc(Cl)ccc2C)nn1. The van der Waals surface area contributed by atoms with Crippen LogP contribution >= 0.6 is 11.6 Å². The van der Waals surface area contributed by atoms with E-state index in [-0.39, 0.29) is 18.1 Å². The summed E-state index contributed by atoms with van der Waals surface area (Å²) in [5.41, 5.74) is 1.51. The smallest absolute Gasteiger partial charge is 0.243 e. The van der Waals surface area contributed by atoms with Gasteiger partial charge >= 0.3 is 0 Å². The lowest BCUT2D eigenvalue weighted by atomic mass is 10.00. The van der Waals surface area contributed by atoms with Gasteiger partial charge in [0, 0.05) is 24.2 Å². The van der Waals surface area contributed by atoms with Crippen molar-refractivity contribution >= 4 is 21.6 Å². The largest absolute Gasteiger partial charge is 0.378 e. The Morgan fingerprint density at radius 1 is 1.22 bits per heavy atom. The van der Waals surface area contributed by atoms with E-state index >= 15 is 0 Å². The quantitative estimate of drug-likeness (QED) is 0.757. The number of aryl methyl sites for hydroxylation is 1. The summed E-state index contributed by atoms with van der Waals surface area (Å²) >= 11 is 6.07. The number of benzene rings is 1. The van der Waals surface area contributed by atoms with Crippen LogP contribution in [0.5, 0.6) is 0 Å². The molecule has 1 aromatic carbocycles. The molecule has 0 saturated carbocycles. The van der Waals surface area contributed by atoms with Crippen molar-refractivity contribution in [1.29, 1.82) is 0 Å². The van der Waals surface area contributed by atoms with Gasteiger partial charge in [0.2, 0.25) is 10.0 Å². The van der Waals surface area contributed by atoms with Crippen molar-refractivity contribution in [3.05, 3.63) is 40.7 Å². The number of halogens is 1. The van der Waals surface area contributed by atoms with Gasteiger partial charge < -0.3 is 4.74 Å². The topological polar surface area (TPSA) is 77.3 Å². The summed E-state index contributed by atoms with van der Waals surface area (Å²) in [5.74, 6) is 0. The van der Waals surface area contributed by atoms with E-state index < -0.39 is 10.0 Å². The highest BCUT2D eigenvalue weighted by Gasteiger charge is 2.48. The third kappa shape index (κ3) is 3.40. The van der Waals surface area contributed by atoms with E-state index in [1.54, 1.807) is 29.6 Å². The summed E-state index contributed by atoms with van der Waals surface area (Å²) in [6.07, 6.45) is 5.13. The highest BCUT2D eigenvalue weighted by molar-refractivity contribution is 7.89. The molecule has 4 rings (SSSR count). The summed E-state index contributed by atoms with van der Waals surface area (Å²) in [6, 6.07) is 5.16. The fourth-order valence-electron chi connectivity index (χ4n) is 4.38. The molecule has 2 aliphatic rings. The minimum atomic E-state index is -3.58. The standard InChI is InChI=1S/C18H23ClN4O3S/c1-12-3-4-13(19)7-18(12)27(24,25)23-15-5-6-16(23)9-17(8-15)22-10-14(11-26-2)20-21-22/h3-4,7,10,15-17H,5-6,8-9,11H2,1-2H3. The zero-order valence-corrected chi connectivity index (χ0v) is 16.9. The molecule has 2 saturated heterocycles. The van der Waals surface area contributed by atoms with Gasteiger partial charge in [-0.05, 0) is 50.3 Å². The zero-order valence-electron chi connectivity index (χ0n) is 15.4. The molecule has 0 amide bonds. The predicted molar refractivity (Wildman–Crippen MR) is 101 cm³/mol. The molecule has 2 fully saturated rings.